The molecule has 0 radical (unpaired) electrons. The summed E-state index contributed by atoms with van der Waals surface area (Å²) in [5.74, 6) is 0.593. The third kappa shape index (κ3) is 4.01. The summed E-state index contributed by atoms with van der Waals surface area (Å²) in [5, 5.41) is 3.25. The number of aromatic nitrogens is 4. The van der Waals surface area contributed by atoms with Crippen LogP contribution in [-0.2, 0) is 10.3 Å². The standard InChI is InChI=1S/C20H25BrN6O/c1-12(2)9-20(4,14-6-5-7-15(21)8-14)26-19(28)13(3)27-11-25-16-17(22)23-10-24-18(16)27/h5-8,10-13H,9H2,1-4H3,(H,26,28)(H2,22,23,24). The van der Waals surface area contributed by atoms with Crippen LogP contribution >= 0.6 is 15.9 Å². The van der Waals surface area contributed by atoms with Crippen LogP contribution in [0.5, 0.6) is 0 Å². The van der Waals surface area contributed by atoms with E-state index >= 15 is 0 Å². The van der Waals surface area contributed by atoms with Gasteiger partial charge in [0.1, 0.15) is 17.9 Å². The van der Waals surface area contributed by atoms with Crippen molar-refractivity contribution in [1.82, 2.24) is 24.8 Å². The molecule has 0 aliphatic heterocycles. The monoisotopic (exact) mass is 444 g/mol. The predicted octanol–water partition coefficient (Wildman–Crippen LogP) is 3.81. The van der Waals surface area contributed by atoms with Crippen LogP contribution in [0.2, 0.25) is 0 Å². The number of anilines is 1. The topological polar surface area (TPSA) is 98.7 Å². The summed E-state index contributed by atoms with van der Waals surface area (Å²) in [7, 11) is 0. The Labute approximate surface area is 172 Å². The van der Waals surface area contributed by atoms with Crippen molar-refractivity contribution in [2.24, 2.45) is 5.92 Å². The molecule has 148 valence electrons. The highest BCUT2D eigenvalue weighted by Crippen LogP contribution is 2.31. The second-order valence-electron chi connectivity index (χ2n) is 7.69. The molecule has 1 aromatic carbocycles. The van der Waals surface area contributed by atoms with Crippen LogP contribution in [0.3, 0.4) is 0 Å². The van der Waals surface area contributed by atoms with Crippen LogP contribution in [0, 0.1) is 5.92 Å². The molecule has 2 unspecified atom stereocenters. The molecule has 2 atom stereocenters. The highest BCUT2D eigenvalue weighted by Gasteiger charge is 2.32. The van der Waals surface area contributed by atoms with Crippen molar-refractivity contribution >= 4 is 38.8 Å². The summed E-state index contributed by atoms with van der Waals surface area (Å²) >= 11 is 3.53. The number of fused-ring (bicyclic) bond motifs is 1. The second-order valence-corrected chi connectivity index (χ2v) is 8.60. The Bertz CT molecular complexity index is 1000. The summed E-state index contributed by atoms with van der Waals surface area (Å²) in [6.07, 6.45) is 3.77. The lowest BCUT2D eigenvalue weighted by Crippen LogP contribution is -2.46. The molecule has 2 aromatic heterocycles. The Morgan fingerprint density at radius 3 is 2.71 bits per heavy atom. The molecule has 0 aliphatic rings. The Morgan fingerprint density at radius 1 is 1.29 bits per heavy atom. The van der Waals surface area contributed by atoms with Gasteiger partial charge in [0.2, 0.25) is 5.91 Å². The zero-order chi connectivity index (χ0) is 20.5. The molecule has 0 saturated heterocycles. The Kier molecular flexibility index (Phi) is 5.69. The lowest BCUT2D eigenvalue weighted by molar-refractivity contribution is -0.126. The van der Waals surface area contributed by atoms with E-state index in [0.29, 0.717) is 22.9 Å². The van der Waals surface area contributed by atoms with Crippen molar-refractivity contribution in [1.29, 1.82) is 0 Å². The number of hydrogen-bond acceptors (Lipinski definition) is 5. The van der Waals surface area contributed by atoms with Gasteiger partial charge in [-0.3, -0.25) is 4.79 Å². The predicted molar refractivity (Wildman–Crippen MR) is 114 cm³/mol. The summed E-state index contributed by atoms with van der Waals surface area (Å²) in [6, 6.07) is 7.55. The fourth-order valence-electron chi connectivity index (χ4n) is 3.55. The van der Waals surface area contributed by atoms with E-state index in [4.69, 9.17) is 5.73 Å². The number of carbonyl (C=O) groups excluding carboxylic acids is 1. The van der Waals surface area contributed by atoms with Crippen molar-refractivity contribution in [2.45, 2.75) is 45.7 Å². The maximum absolute atomic E-state index is 13.2. The first-order valence-corrected chi connectivity index (χ1v) is 10.0. The van der Waals surface area contributed by atoms with Crippen LogP contribution in [0.4, 0.5) is 5.82 Å². The van der Waals surface area contributed by atoms with Crippen LogP contribution in [0.1, 0.15) is 45.7 Å². The average Bonchev–Trinajstić information content (AvgIpc) is 3.05. The number of amides is 1. The lowest BCUT2D eigenvalue weighted by atomic mass is 9.83. The highest BCUT2D eigenvalue weighted by molar-refractivity contribution is 9.10. The van der Waals surface area contributed by atoms with E-state index in [2.05, 4.69) is 57.0 Å². The van der Waals surface area contributed by atoms with Gasteiger partial charge in [-0.05, 0) is 43.9 Å². The number of carbonyl (C=O) groups is 1. The highest BCUT2D eigenvalue weighted by atomic mass is 79.9. The number of halogens is 1. The molecular weight excluding hydrogens is 420 g/mol. The van der Waals surface area contributed by atoms with Gasteiger partial charge in [0.05, 0.1) is 11.9 Å². The minimum absolute atomic E-state index is 0.111. The number of benzene rings is 1. The third-order valence-electron chi connectivity index (χ3n) is 4.86. The van der Waals surface area contributed by atoms with Crippen molar-refractivity contribution in [3.8, 4) is 0 Å². The van der Waals surface area contributed by atoms with E-state index in [9.17, 15) is 4.79 Å². The molecule has 3 N–H and O–H groups in total. The molecule has 0 bridgehead atoms. The first kappa shape index (κ1) is 20.3. The molecule has 8 heteroatoms. The quantitative estimate of drug-likeness (QED) is 0.601. The number of nitrogens with zero attached hydrogens (tertiary/aromatic N) is 4. The van der Waals surface area contributed by atoms with Crippen LogP contribution in [0.15, 0.2) is 41.4 Å². The number of imidazole rings is 1. The maximum atomic E-state index is 13.2. The molecule has 28 heavy (non-hydrogen) atoms. The summed E-state index contributed by atoms with van der Waals surface area (Å²) < 4.78 is 2.70. The van der Waals surface area contributed by atoms with Gasteiger partial charge in [0.15, 0.2) is 11.5 Å². The van der Waals surface area contributed by atoms with E-state index in [1.165, 1.54) is 6.33 Å². The zero-order valence-electron chi connectivity index (χ0n) is 16.5. The molecule has 0 spiro atoms. The van der Waals surface area contributed by atoms with Crippen molar-refractivity contribution in [3.05, 3.63) is 47.0 Å². The van der Waals surface area contributed by atoms with E-state index < -0.39 is 11.6 Å². The number of nitrogen functional groups attached to an aromatic ring is 1. The molecule has 3 rings (SSSR count). The van der Waals surface area contributed by atoms with E-state index in [-0.39, 0.29) is 5.91 Å². The molecule has 0 fully saturated rings. The maximum Gasteiger partial charge on any atom is 0.243 e. The smallest absolute Gasteiger partial charge is 0.243 e. The largest absolute Gasteiger partial charge is 0.382 e. The first-order valence-electron chi connectivity index (χ1n) is 9.22. The normalized spacial score (nSPS) is 14.8. The zero-order valence-corrected chi connectivity index (χ0v) is 18.1. The first-order chi connectivity index (χ1) is 13.2. The molecule has 1 amide bonds. The van der Waals surface area contributed by atoms with Crippen LogP contribution < -0.4 is 11.1 Å². The number of nitrogens with two attached hydrogens (primary N) is 1. The molecule has 0 saturated carbocycles. The average molecular weight is 445 g/mol. The van der Waals surface area contributed by atoms with Gasteiger partial charge in [-0.15, -0.1) is 0 Å². The molecule has 3 aromatic rings. The fourth-order valence-corrected chi connectivity index (χ4v) is 3.94. The summed E-state index contributed by atoms with van der Waals surface area (Å²) in [4.78, 5) is 25.6. The third-order valence-corrected chi connectivity index (χ3v) is 5.35. The molecule has 2 heterocycles. The van der Waals surface area contributed by atoms with Crippen LogP contribution in [-0.4, -0.2) is 25.4 Å². The minimum atomic E-state index is -0.506. The number of hydrogen-bond donors (Lipinski definition) is 2. The van der Waals surface area contributed by atoms with Gasteiger partial charge in [-0.2, -0.15) is 0 Å². The van der Waals surface area contributed by atoms with E-state index in [1.54, 1.807) is 10.9 Å². The Hall–Kier alpha value is -2.48. The number of rotatable bonds is 6. The van der Waals surface area contributed by atoms with E-state index in [0.717, 1.165) is 16.5 Å². The minimum Gasteiger partial charge on any atom is -0.382 e. The van der Waals surface area contributed by atoms with Crippen LogP contribution in [0.25, 0.3) is 11.2 Å². The fraction of sp³-hybridized carbons (Fsp3) is 0.400. The molecular formula is C20H25BrN6O. The van der Waals surface area contributed by atoms with Gasteiger partial charge in [0, 0.05) is 4.47 Å². The van der Waals surface area contributed by atoms with Gasteiger partial charge in [0.25, 0.3) is 0 Å². The van der Waals surface area contributed by atoms with Gasteiger partial charge in [-0.25, -0.2) is 15.0 Å². The van der Waals surface area contributed by atoms with Gasteiger partial charge >= 0.3 is 0 Å². The van der Waals surface area contributed by atoms with Gasteiger partial charge < -0.3 is 15.6 Å². The lowest BCUT2D eigenvalue weighted by Gasteiger charge is -2.34. The SMILES string of the molecule is CC(C)CC(C)(NC(=O)C(C)n1cnc2c(N)ncnc21)c1cccc(Br)c1. The van der Waals surface area contributed by atoms with Crippen molar-refractivity contribution in [2.75, 3.05) is 5.73 Å². The summed E-state index contributed by atoms with van der Waals surface area (Å²) in [6.45, 7) is 8.18. The van der Waals surface area contributed by atoms with E-state index in [1.807, 2.05) is 31.2 Å². The number of nitrogens with one attached hydrogen (secondary N) is 1. The Morgan fingerprint density at radius 2 is 2.04 bits per heavy atom. The van der Waals surface area contributed by atoms with Crippen molar-refractivity contribution in [3.63, 3.8) is 0 Å². The molecule has 7 nitrogen and oxygen atoms in total. The van der Waals surface area contributed by atoms with Crippen molar-refractivity contribution < 1.29 is 4.79 Å². The Balaban J connectivity index is 1.92. The summed E-state index contributed by atoms with van der Waals surface area (Å²) in [5.41, 5.74) is 7.45. The van der Waals surface area contributed by atoms with Gasteiger partial charge in [-0.1, -0.05) is 41.9 Å². The molecule has 0 aliphatic carbocycles. The second kappa shape index (κ2) is 7.87.